The summed E-state index contributed by atoms with van der Waals surface area (Å²) in [6.07, 6.45) is 0.289. The highest BCUT2D eigenvalue weighted by atomic mass is 32.1. The molecule has 0 bridgehead atoms. The van der Waals surface area contributed by atoms with Crippen molar-refractivity contribution in [3.05, 3.63) is 23.7 Å². The van der Waals surface area contributed by atoms with Crippen LogP contribution in [0.1, 0.15) is 6.92 Å². The van der Waals surface area contributed by atoms with Gasteiger partial charge in [-0.05, 0) is 19.1 Å². The molecule has 0 radical (unpaired) electrons. The summed E-state index contributed by atoms with van der Waals surface area (Å²) in [6, 6.07) is 6.53. The summed E-state index contributed by atoms with van der Waals surface area (Å²) >= 11 is 1.65. The Labute approximate surface area is 92.1 Å². The molecule has 1 saturated heterocycles. The van der Waals surface area contributed by atoms with Crippen molar-refractivity contribution in [1.82, 2.24) is 10.3 Å². The first-order valence-electron chi connectivity index (χ1n) is 5.07. The highest BCUT2D eigenvalue weighted by molar-refractivity contribution is 7.16. The predicted molar refractivity (Wildman–Crippen MR) is 61.5 cm³/mol. The van der Waals surface area contributed by atoms with E-state index >= 15 is 0 Å². The quantitative estimate of drug-likeness (QED) is 0.841. The van der Waals surface area contributed by atoms with Gasteiger partial charge in [0.2, 0.25) is 0 Å². The van der Waals surface area contributed by atoms with Crippen molar-refractivity contribution in [3.63, 3.8) is 0 Å². The Bertz CT molecular complexity index is 482. The maximum absolute atomic E-state index is 5.92. The third-order valence-corrected chi connectivity index (χ3v) is 3.59. The first kappa shape index (κ1) is 9.12. The maximum Gasteiger partial charge on any atom is 0.146 e. The molecular weight excluding hydrogens is 208 g/mol. The van der Waals surface area contributed by atoms with Crippen LogP contribution in [0.3, 0.4) is 0 Å². The zero-order chi connectivity index (χ0) is 10.3. The summed E-state index contributed by atoms with van der Waals surface area (Å²) in [5.41, 5.74) is 2.85. The minimum Gasteiger partial charge on any atom is -0.485 e. The molecule has 1 fully saturated rings. The van der Waals surface area contributed by atoms with Crippen LogP contribution in [-0.4, -0.2) is 23.7 Å². The van der Waals surface area contributed by atoms with Crippen LogP contribution < -0.4 is 10.1 Å². The van der Waals surface area contributed by atoms with Crippen LogP contribution in [-0.2, 0) is 0 Å². The minimum atomic E-state index is 0.289. The second-order valence-electron chi connectivity index (χ2n) is 3.81. The Morgan fingerprint density at radius 3 is 3.20 bits per heavy atom. The molecule has 1 aliphatic rings. The standard InChI is InChI=1S/C11H12N2OS/c1-7-9(5-12-7)14-8-3-2-4-10-11(8)13-6-15-10/h2-4,6-7,9,12H,5H2,1H3/t7-,9-/m1/s1. The molecule has 0 amide bonds. The molecule has 3 nitrogen and oxygen atoms in total. The fourth-order valence-electron chi connectivity index (χ4n) is 1.71. The Kier molecular flexibility index (Phi) is 2.11. The summed E-state index contributed by atoms with van der Waals surface area (Å²) in [4.78, 5) is 4.33. The minimum absolute atomic E-state index is 0.289. The van der Waals surface area contributed by atoms with Gasteiger partial charge < -0.3 is 10.1 Å². The first-order valence-corrected chi connectivity index (χ1v) is 5.95. The van der Waals surface area contributed by atoms with Crippen molar-refractivity contribution in [2.45, 2.75) is 19.1 Å². The summed E-state index contributed by atoms with van der Waals surface area (Å²) in [7, 11) is 0. The lowest BCUT2D eigenvalue weighted by Gasteiger charge is -2.35. The van der Waals surface area contributed by atoms with Gasteiger partial charge in [0.05, 0.1) is 10.2 Å². The second kappa shape index (κ2) is 3.47. The number of nitrogens with zero attached hydrogens (tertiary/aromatic N) is 1. The molecule has 4 heteroatoms. The zero-order valence-electron chi connectivity index (χ0n) is 8.43. The molecule has 0 unspecified atom stereocenters. The fourth-order valence-corrected chi connectivity index (χ4v) is 2.41. The number of ether oxygens (including phenoxy) is 1. The molecule has 2 aromatic rings. The Balaban J connectivity index is 1.93. The largest absolute Gasteiger partial charge is 0.485 e. The second-order valence-corrected chi connectivity index (χ2v) is 4.69. The van der Waals surface area contributed by atoms with Gasteiger partial charge in [-0.25, -0.2) is 4.98 Å². The molecule has 1 aromatic heterocycles. The van der Waals surface area contributed by atoms with Crippen LogP contribution in [0.25, 0.3) is 10.2 Å². The average molecular weight is 220 g/mol. The van der Waals surface area contributed by atoms with E-state index in [4.69, 9.17) is 4.74 Å². The SMILES string of the molecule is C[C@H]1NC[C@H]1Oc1cccc2scnc12. The monoisotopic (exact) mass is 220 g/mol. The van der Waals surface area contributed by atoms with Gasteiger partial charge in [-0.15, -0.1) is 11.3 Å². The number of aromatic nitrogens is 1. The molecule has 2 heterocycles. The van der Waals surface area contributed by atoms with Gasteiger partial charge in [-0.2, -0.15) is 0 Å². The molecule has 15 heavy (non-hydrogen) atoms. The van der Waals surface area contributed by atoms with Gasteiger partial charge >= 0.3 is 0 Å². The lowest BCUT2D eigenvalue weighted by molar-refractivity contribution is 0.0953. The van der Waals surface area contributed by atoms with Crippen molar-refractivity contribution in [3.8, 4) is 5.75 Å². The van der Waals surface area contributed by atoms with E-state index in [2.05, 4.69) is 23.3 Å². The number of thiazole rings is 1. The van der Waals surface area contributed by atoms with Crippen LogP contribution >= 0.6 is 11.3 Å². The van der Waals surface area contributed by atoms with Gasteiger partial charge in [-0.3, -0.25) is 0 Å². The molecule has 1 aliphatic heterocycles. The first-order chi connectivity index (χ1) is 7.34. The number of nitrogens with one attached hydrogen (secondary N) is 1. The third-order valence-electron chi connectivity index (χ3n) is 2.80. The van der Waals surface area contributed by atoms with E-state index in [9.17, 15) is 0 Å². The molecule has 3 rings (SSSR count). The van der Waals surface area contributed by atoms with E-state index in [1.165, 1.54) is 4.70 Å². The van der Waals surface area contributed by atoms with Crippen LogP contribution in [0.15, 0.2) is 23.7 Å². The summed E-state index contributed by atoms with van der Waals surface area (Å²) < 4.78 is 7.10. The fraction of sp³-hybridized carbons (Fsp3) is 0.364. The van der Waals surface area contributed by atoms with Crippen LogP contribution in [0.4, 0.5) is 0 Å². The van der Waals surface area contributed by atoms with Gasteiger partial charge in [0.15, 0.2) is 0 Å². The van der Waals surface area contributed by atoms with Crippen molar-refractivity contribution < 1.29 is 4.74 Å². The average Bonchev–Trinajstić information content (AvgIpc) is 2.72. The topological polar surface area (TPSA) is 34.1 Å². The molecule has 2 atom stereocenters. The van der Waals surface area contributed by atoms with E-state index in [-0.39, 0.29) is 6.10 Å². The maximum atomic E-state index is 5.92. The molecular formula is C11H12N2OS. The lowest BCUT2D eigenvalue weighted by Crippen LogP contribution is -2.58. The van der Waals surface area contributed by atoms with E-state index in [0.717, 1.165) is 17.8 Å². The summed E-state index contributed by atoms with van der Waals surface area (Å²) in [5.74, 6) is 0.909. The van der Waals surface area contributed by atoms with Gasteiger partial charge in [0.25, 0.3) is 0 Å². The molecule has 0 aliphatic carbocycles. The summed E-state index contributed by atoms with van der Waals surface area (Å²) in [6.45, 7) is 3.07. The smallest absolute Gasteiger partial charge is 0.146 e. The van der Waals surface area contributed by atoms with Gasteiger partial charge in [0, 0.05) is 12.6 Å². The number of benzene rings is 1. The van der Waals surface area contributed by atoms with E-state index < -0.39 is 0 Å². The number of para-hydroxylation sites is 1. The molecule has 78 valence electrons. The number of rotatable bonds is 2. The normalized spacial score (nSPS) is 25.1. The predicted octanol–water partition coefficient (Wildman–Crippen LogP) is 2.04. The Hall–Kier alpha value is -1.13. The summed E-state index contributed by atoms with van der Waals surface area (Å²) in [5, 5.41) is 3.28. The van der Waals surface area contributed by atoms with Crippen LogP contribution in [0, 0.1) is 0 Å². The van der Waals surface area contributed by atoms with E-state index in [1.807, 2.05) is 17.6 Å². The van der Waals surface area contributed by atoms with E-state index in [0.29, 0.717) is 6.04 Å². The molecule has 0 spiro atoms. The van der Waals surface area contributed by atoms with Crippen molar-refractivity contribution >= 4 is 21.6 Å². The zero-order valence-corrected chi connectivity index (χ0v) is 9.25. The number of hydrogen-bond acceptors (Lipinski definition) is 4. The highest BCUT2D eigenvalue weighted by Gasteiger charge is 2.28. The van der Waals surface area contributed by atoms with E-state index in [1.54, 1.807) is 11.3 Å². The van der Waals surface area contributed by atoms with Crippen molar-refractivity contribution in [2.75, 3.05) is 6.54 Å². The molecule has 1 aromatic carbocycles. The van der Waals surface area contributed by atoms with Crippen molar-refractivity contribution in [2.24, 2.45) is 0 Å². The Morgan fingerprint density at radius 1 is 1.53 bits per heavy atom. The lowest BCUT2D eigenvalue weighted by atomic mass is 10.1. The van der Waals surface area contributed by atoms with Gasteiger partial charge in [0.1, 0.15) is 17.4 Å². The Morgan fingerprint density at radius 2 is 2.47 bits per heavy atom. The van der Waals surface area contributed by atoms with Crippen LogP contribution in [0.5, 0.6) is 5.75 Å². The molecule has 0 saturated carbocycles. The number of fused-ring (bicyclic) bond motifs is 1. The third kappa shape index (κ3) is 1.50. The highest BCUT2D eigenvalue weighted by Crippen LogP contribution is 2.28. The number of hydrogen-bond donors (Lipinski definition) is 1. The van der Waals surface area contributed by atoms with Gasteiger partial charge in [-0.1, -0.05) is 6.07 Å². The van der Waals surface area contributed by atoms with Crippen LogP contribution in [0.2, 0.25) is 0 Å². The molecule has 1 N–H and O–H groups in total. The van der Waals surface area contributed by atoms with Crippen molar-refractivity contribution in [1.29, 1.82) is 0 Å².